The van der Waals surface area contributed by atoms with E-state index in [0.717, 1.165) is 31.7 Å². The molecule has 0 saturated carbocycles. The topological polar surface area (TPSA) is 55.8 Å². The van der Waals surface area contributed by atoms with Crippen molar-refractivity contribution in [2.75, 3.05) is 45.9 Å². The first-order valence-corrected chi connectivity index (χ1v) is 7.24. The molecule has 1 amide bonds. The molecular weight excluding hydrogens is 273 g/mol. The van der Waals surface area contributed by atoms with Gasteiger partial charge in [-0.25, -0.2) is 4.39 Å². The van der Waals surface area contributed by atoms with Gasteiger partial charge in [-0.05, 0) is 17.7 Å². The summed E-state index contributed by atoms with van der Waals surface area (Å²) in [6.45, 7) is 5.12. The second-order valence-electron chi connectivity index (χ2n) is 5.24. The van der Waals surface area contributed by atoms with E-state index in [2.05, 4.69) is 15.1 Å². The number of aliphatic hydroxyl groups excluding tert-OH is 1. The summed E-state index contributed by atoms with van der Waals surface area (Å²) in [5.74, 6) is -0.291. The smallest absolute Gasteiger partial charge is 0.234 e. The number of carbonyl (C=O) groups is 1. The summed E-state index contributed by atoms with van der Waals surface area (Å²) < 4.78 is 12.8. The van der Waals surface area contributed by atoms with Crippen molar-refractivity contribution >= 4 is 5.91 Å². The van der Waals surface area contributed by atoms with Crippen molar-refractivity contribution in [1.82, 2.24) is 15.1 Å². The molecule has 1 aliphatic rings. The van der Waals surface area contributed by atoms with Crippen LogP contribution in [0.3, 0.4) is 0 Å². The largest absolute Gasteiger partial charge is 0.395 e. The molecule has 0 radical (unpaired) electrons. The van der Waals surface area contributed by atoms with E-state index in [0.29, 0.717) is 19.6 Å². The first-order valence-electron chi connectivity index (χ1n) is 7.24. The third kappa shape index (κ3) is 5.41. The maximum absolute atomic E-state index is 12.8. The predicted molar refractivity (Wildman–Crippen MR) is 78.2 cm³/mol. The van der Waals surface area contributed by atoms with Crippen molar-refractivity contribution in [3.63, 3.8) is 0 Å². The Hall–Kier alpha value is -1.50. The van der Waals surface area contributed by atoms with Gasteiger partial charge in [-0.1, -0.05) is 12.1 Å². The van der Waals surface area contributed by atoms with Crippen molar-refractivity contribution in [3.05, 3.63) is 35.6 Å². The summed E-state index contributed by atoms with van der Waals surface area (Å²) >= 11 is 0. The summed E-state index contributed by atoms with van der Waals surface area (Å²) in [5, 5.41) is 11.7. The number of halogens is 1. The van der Waals surface area contributed by atoms with E-state index in [4.69, 9.17) is 5.11 Å². The van der Waals surface area contributed by atoms with Gasteiger partial charge in [-0.3, -0.25) is 14.6 Å². The number of nitrogens with zero attached hydrogens (tertiary/aromatic N) is 2. The zero-order valence-electron chi connectivity index (χ0n) is 12.1. The van der Waals surface area contributed by atoms with Crippen molar-refractivity contribution in [2.24, 2.45) is 0 Å². The van der Waals surface area contributed by atoms with E-state index in [-0.39, 0.29) is 18.3 Å². The second-order valence-corrected chi connectivity index (χ2v) is 5.24. The molecule has 1 saturated heterocycles. The van der Waals surface area contributed by atoms with Gasteiger partial charge >= 0.3 is 0 Å². The summed E-state index contributed by atoms with van der Waals surface area (Å²) in [5.41, 5.74) is 0.887. The Bertz CT molecular complexity index is 445. The quantitative estimate of drug-likeness (QED) is 0.779. The first-order chi connectivity index (χ1) is 10.2. The Morgan fingerprint density at radius 1 is 1.14 bits per heavy atom. The summed E-state index contributed by atoms with van der Waals surface area (Å²) in [7, 11) is 0. The van der Waals surface area contributed by atoms with Gasteiger partial charge in [0.2, 0.25) is 5.91 Å². The minimum Gasteiger partial charge on any atom is -0.395 e. The molecule has 0 unspecified atom stereocenters. The van der Waals surface area contributed by atoms with E-state index < -0.39 is 0 Å². The monoisotopic (exact) mass is 295 g/mol. The molecule has 0 atom stereocenters. The number of rotatable bonds is 6. The lowest BCUT2D eigenvalue weighted by atomic mass is 10.2. The van der Waals surface area contributed by atoms with Gasteiger partial charge in [0.1, 0.15) is 5.82 Å². The molecule has 2 rings (SSSR count). The predicted octanol–water partition coefficient (Wildman–Crippen LogP) is 0.0518. The lowest BCUT2D eigenvalue weighted by Crippen LogP contribution is -2.49. The Morgan fingerprint density at radius 3 is 2.38 bits per heavy atom. The van der Waals surface area contributed by atoms with E-state index >= 15 is 0 Å². The van der Waals surface area contributed by atoms with Gasteiger partial charge in [0, 0.05) is 39.3 Å². The Kier molecular flexibility index (Phi) is 6.10. The van der Waals surface area contributed by atoms with Gasteiger partial charge in [-0.2, -0.15) is 0 Å². The summed E-state index contributed by atoms with van der Waals surface area (Å²) in [6, 6.07) is 6.12. The Balaban J connectivity index is 1.67. The zero-order valence-corrected chi connectivity index (χ0v) is 12.1. The highest BCUT2D eigenvalue weighted by atomic mass is 19.1. The molecule has 1 heterocycles. The fraction of sp³-hybridized carbons (Fsp3) is 0.533. The average Bonchev–Trinajstić information content (AvgIpc) is 2.49. The van der Waals surface area contributed by atoms with Crippen molar-refractivity contribution in [3.8, 4) is 0 Å². The third-order valence-electron chi connectivity index (χ3n) is 3.65. The fourth-order valence-corrected chi connectivity index (χ4v) is 2.37. The van der Waals surface area contributed by atoms with Crippen LogP contribution in [0.2, 0.25) is 0 Å². The molecule has 1 aromatic carbocycles. The van der Waals surface area contributed by atoms with Crippen LogP contribution >= 0.6 is 0 Å². The maximum Gasteiger partial charge on any atom is 0.234 e. The molecule has 1 fully saturated rings. The van der Waals surface area contributed by atoms with Crippen LogP contribution in [0.4, 0.5) is 4.39 Å². The van der Waals surface area contributed by atoms with Crippen molar-refractivity contribution in [2.45, 2.75) is 6.54 Å². The van der Waals surface area contributed by atoms with Gasteiger partial charge in [0.05, 0.1) is 13.2 Å². The molecule has 2 N–H and O–H groups in total. The molecule has 0 spiro atoms. The van der Waals surface area contributed by atoms with Crippen LogP contribution in [0.25, 0.3) is 0 Å². The molecule has 6 heteroatoms. The molecule has 0 aromatic heterocycles. The molecule has 0 aliphatic carbocycles. The van der Waals surface area contributed by atoms with Gasteiger partial charge in [0.25, 0.3) is 0 Å². The molecule has 116 valence electrons. The number of aliphatic hydroxyl groups is 1. The minimum atomic E-state index is -0.272. The average molecular weight is 295 g/mol. The molecule has 1 aromatic rings. The molecular formula is C15H22FN3O2. The Morgan fingerprint density at radius 2 is 1.76 bits per heavy atom. The number of β-amino-alcohol motifs (C(OH)–C–C–N with tert-alkyl or cyclic N) is 1. The van der Waals surface area contributed by atoms with Crippen molar-refractivity contribution < 1.29 is 14.3 Å². The number of piperazine rings is 1. The summed E-state index contributed by atoms with van der Waals surface area (Å²) in [4.78, 5) is 16.2. The van der Waals surface area contributed by atoms with E-state index in [1.165, 1.54) is 12.1 Å². The van der Waals surface area contributed by atoms with E-state index in [9.17, 15) is 9.18 Å². The van der Waals surface area contributed by atoms with E-state index in [1.807, 2.05) is 0 Å². The van der Waals surface area contributed by atoms with Crippen LogP contribution in [0.5, 0.6) is 0 Å². The van der Waals surface area contributed by atoms with Crippen LogP contribution in [-0.4, -0.2) is 66.7 Å². The first kappa shape index (κ1) is 15.9. The normalized spacial score (nSPS) is 16.9. The second kappa shape index (κ2) is 8.07. The number of benzene rings is 1. The van der Waals surface area contributed by atoms with Gasteiger partial charge < -0.3 is 10.4 Å². The highest BCUT2D eigenvalue weighted by molar-refractivity contribution is 5.78. The van der Waals surface area contributed by atoms with Crippen molar-refractivity contribution in [1.29, 1.82) is 0 Å². The molecule has 5 nitrogen and oxygen atoms in total. The van der Waals surface area contributed by atoms with Crippen LogP contribution in [0, 0.1) is 5.82 Å². The third-order valence-corrected chi connectivity index (χ3v) is 3.65. The lowest BCUT2D eigenvalue weighted by molar-refractivity contribution is -0.122. The SMILES string of the molecule is O=C(CN1CCN(CCO)CC1)NCc1ccc(F)cc1. The number of carbonyl (C=O) groups excluding carboxylic acids is 1. The minimum absolute atomic E-state index is 0.0186. The maximum atomic E-state index is 12.8. The standard InChI is InChI=1S/C15H22FN3O2/c16-14-3-1-13(2-4-14)11-17-15(21)12-19-7-5-18(6-8-19)9-10-20/h1-4,20H,5-12H2,(H,17,21). The Labute approximate surface area is 124 Å². The van der Waals surface area contributed by atoms with Crippen LogP contribution in [-0.2, 0) is 11.3 Å². The summed E-state index contributed by atoms with van der Waals surface area (Å²) in [6.07, 6.45) is 0. The van der Waals surface area contributed by atoms with E-state index in [1.54, 1.807) is 12.1 Å². The lowest BCUT2D eigenvalue weighted by Gasteiger charge is -2.33. The number of hydrogen-bond acceptors (Lipinski definition) is 4. The zero-order chi connectivity index (χ0) is 15.1. The molecule has 0 bridgehead atoms. The number of hydrogen-bond donors (Lipinski definition) is 2. The van der Waals surface area contributed by atoms with Crippen LogP contribution in [0.1, 0.15) is 5.56 Å². The fourth-order valence-electron chi connectivity index (χ4n) is 2.37. The highest BCUT2D eigenvalue weighted by Gasteiger charge is 2.18. The van der Waals surface area contributed by atoms with Gasteiger partial charge in [-0.15, -0.1) is 0 Å². The number of nitrogens with one attached hydrogen (secondary N) is 1. The highest BCUT2D eigenvalue weighted by Crippen LogP contribution is 2.03. The van der Waals surface area contributed by atoms with Crippen LogP contribution in [0.15, 0.2) is 24.3 Å². The molecule has 1 aliphatic heterocycles. The van der Waals surface area contributed by atoms with Gasteiger partial charge in [0.15, 0.2) is 0 Å². The number of amides is 1. The molecule has 21 heavy (non-hydrogen) atoms. The van der Waals surface area contributed by atoms with Crippen LogP contribution < -0.4 is 5.32 Å².